The average Bonchev–Trinajstić information content (AvgIpc) is 2.43. The van der Waals surface area contributed by atoms with Crippen molar-refractivity contribution in [2.75, 3.05) is 6.54 Å². The molecular weight excluding hydrogens is 302 g/mol. The number of aryl methyl sites for hydroxylation is 1. The van der Waals surface area contributed by atoms with Gasteiger partial charge in [-0.25, -0.2) is 0 Å². The van der Waals surface area contributed by atoms with Gasteiger partial charge in [0, 0.05) is 11.0 Å². The van der Waals surface area contributed by atoms with Crippen molar-refractivity contribution in [3.05, 3.63) is 33.8 Å². The Kier molecular flexibility index (Phi) is 5.44. The molecule has 0 atom stereocenters. The Morgan fingerprint density at radius 2 is 2.05 bits per heavy atom. The standard InChI is InChI=1S/C16H22BrNO/c1-12-6-5-9-14(15(12)17)16(19)18-11-10-13-7-3-2-4-8-13/h5-6,9,13H,2-4,7-8,10-11H2,1H3,(H,18,19). The summed E-state index contributed by atoms with van der Waals surface area (Å²) in [6.07, 6.45) is 7.91. The number of halogens is 1. The van der Waals surface area contributed by atoms with Crippen molar-refractivity contribution in [3.8, 4) is 0 Å². The summed E-state index contributed by atoms with van der Waals surface area (Å²) in [5.41, 5.74) is 1.84. The molecule has 0 saturated heterocycles. The Morgan fingerprint density at radius 1 is 1.32 bits per heavy atom. The summed E-state index contributed by atoms with van der Waals surface area (Å²) >= 11 is 3.49. The van der Waals surface area contributed by atoms with Crippen LogP contribution in [-0.4, -0.2) is 12.5 Å². The minimum Gasteiger partial charge on any atom is -0.352 e. The molecule has 0 aliphatic heterocycles. The van der Waals surface area contributed by atoms with Crippen molar-refractivity contribution in [1.82, 2.24) is 5.32 Å². The van der Waals surface area contributed by atoms with E-state index in [0.717, 1.165) is 34.5 Å². The van der Waals surface area contributed by atoms with Crippen molar-refractivity contribution in [3.63, 3.8) is 0 Å². The topological polar surface area (TPSA) is 29.1 Å². The molecule has 0 bridgehead atoms. The average molecular weight is 324 g/mol. The minimum absolute atomic E-state index is 0.0337. The summed E-state index contributed by atoms with van der Waals surface area (Å²) in [6.45, 7) is 2.80. The first kappa shape index (κ1) is 14.6. The molecule has 104 valence electrons. The number of hydrogen-bond acceptors (Lipinski definition) is 1. The fourth-order valence-corrected chi connectivity index (χ4v) is 3.23. The molecule has 1 N–H and O–H groups in total. The van der Waals surface area contributed by atoms with Gasteiger partial charge in [0.1, 0.15) is 0 Å². The van der Waals surface area contributed by atoms with Crippen LogP contribution in [0.4, 0.5) is 0 Å². The summed E-state index contributed by atoms with van der Waals surface area (Å²) < 4.78 is 0.908. The van der Waals surface area contributed by atoms with Crippen LogP contribution >= 0.6 is 15.9 Å². The van der Waals surface area contributed by atoms with E-state index in [1.807, 2.05) is 25.1 Å². The lowest BCUT2D eigenvalue weighted by Gasteiger charge is -2.21. The van der Waals surface area contributed by atoms with Gasteiger partial charge in [0.15, 0.2) is 0 Å². The highest BCUT2D eigenvalue weighted by atomic mass is 79.9. The Morgan fingerprint density at radius 3 is 2.79 bits per heavy atom. The van der Waals surface area contributed by atoms with Gasteiger partial charge >= 0.3 is 0 Å². The van der Waals surface area contributed by atoms with Crippen LogP contribution in [0.5, 0.6) is 0 Å². The fourth-order valence-electron chi connectivity index (χ4n) is 2.78. The van der Waals surface area contributed by atoms with E-state index in [4.69, 9.17) is 0 Å². The normalized spacial score (nSPS) is 16.3. The first-order valence-corrected chi connectivity index (χ1v) is 8.01. The van der Waals surface area contributed by atoms with Gasteiger partial charge in [0.25, 0.3) is 5.91 Å². The second kappa shape index (κ2) is 7.09. The van der Waals surface area contributed by atoms with Crippen LogP contribution in [0.15, 0.2) is 22.7 Å². The van der Waals surface area contributed by atoms with E-state index < -0.39 is 0 Å². The van der Waals surface area contributed by atoms with E-state index in [0.29, 0.717) is 0 Å². The quantitative estimate of drug-likeness (QED) is 0.870. The van der Waals surface area contributed by atoms with E-state index in [9.17, 15) is 4.79 Å². The Balaban J connectivity index is 1.82. The fraction of sp³-hybridized carbons (Fsp3) is 0.562. The minimum atomic E-state index is 0.0337. The number of benzene rings is 1. The SMILES string of the molecule is Cc1cccc(C(=O)NCCC2CCCCC2)c1Br. The highest BCUT2D eigenvalue weighted by Crippen LogP contribution is 2.26. The summed E-state index contributed by atoms with van der Waals surface area (Å²) in [5.74, 6) is 0.849. The van der Waals surface area contributed by atoms with Crippen molar-refractivity contribution < 1.29 is 4.79 Å². The van der Waals surface area contributed by atoms with Crippen molar-refractivity contribution in [2.45, 2.75) is 45.4 Å². The molecule has 1 amide bonds. The first-order chi connectivity index (χ1) is 9.18. The summed E-state index contributed by atoms with van der Waals surface area (Å²) in [5, 5.41) is 3.05. The number of carbonyl (C=O) groups is 1. The molecule has 0 heterocycles. The second-order valence-corrected chi connectivity index (χ2v) is 6.28. The van der Waals surface area contributed by atoms with E-state index in [1.54, 1.807) is 0 Å². The summed E-state index contributed by atoms with van der Waals surface area (Å²) in [4.78, 5) is 12.1. The molecule has 0 aromatic heterocycles. The Labute approximate surface area is 124 Å². The maximum absolute atomic E-state index is 12.1. The van der Waals surface area contributed by atoms with Crippen LogP contribution in [0.1, 0.15) is 54.4 Å². The molecular formula is C16H22BrNO. The van der Waals surface area contributed by atoms with Crippen molar-refractivity contribution in [2.24, 2.45) is 5.92 Å². The highest BCUT2D eigenvalue weighted by molar-refractivity contribution is 9.10. The molecule has 2 nitrogen and oxygen atoms in total. The van der Waals surface area contributed by atoms with Gasteiger partial charge in [-0.05, 0) is 46.8 Å². The number of amides is 1. The number of rotatable bonds is 4. The van der Waals surface area contributed by atoms with Gasteiger partial charge in [-0.2, -0.15) is 0 Å². The van der Waals surface area contributed by atoms with Crippen LogP contribution in [0.2, 0.25) is 0 Å². The number of hydrogen-bond donors (Lipinski definition) is 1. The zero-order valence-electron chi connectivity index (χ0n) is 11.5. The second-order valence-electron chi connectivity index (χ2n) is 5.49. The molecule has 1 aromatic carbocycles. The maximum Gasteiger partial charge on any atom is 0.252 e. The van der Waals surface area contributed by atoms with Gasteiger partial charge in [-0.1, -0.05) is 44.2 Å². The van der Waals surface area contributed by atoms with Crippen LogP contribution in [0, 0.1) is 12.8 Å². The molecule has 0 spiro atoms. The van der Waals surface area contributed by atoms with Gasteiger partial charge in [0.2, 0.25) is 0 Å². The zero-order valence-corrected chi connectivity index (χ0v) is 13.1. The Hall–Kier alpha value is -0.830. The number of nitrogens with one attached hydrogen (secondary N) is 1. The predicted octanol–water partition coefficient (Wildman–Crippen LogP) is 4.46. The lowest BCUT2D eigenvalue weighted by Crippen LogP contribution is -2.26. The zero-order chi connectivity index (χ0) is 13.7. The van der Waals surface area contributed by atoms with E-state index >= 15 is 0 Å². The molecule has 19 heavy (non-hydrogen) atoms. The summed E-state index contributed by atoms with van der Waals surface area (Å²) in [6, 6.07) is 5.80. The van der Waals surface area contributed by atoms with Crippen LogP contribution < -0.4 is 5.32 Å². The smallest absolute Gasteiger partial charge is 0.252 e. The Bertz CT molecular complexity index is 438. The molecule has 0 radical (unpaired) electrons. The molecule has 1 aliphatic carbocycles. The monoisotopic (exact) mass is 323 g/mol. The third kappa shape index (κ3) is 4.07. The molecule has 3 heteroatoms. The van der Waals surface area contributed by atoms with Crippen LogP contribution in [0.3, 0.4) is 0 Å². The van der Waals surface area contributed by atoms with E-state index in [1.165, 1.54) is 32.1 Å². The molecule has 1 saturated carbocycles. The number of carbonyl (C=O) groups excluding carboxylic acids is 1. The molecule has 1 aromatic rings. The van der Waals surface area contributed by atoms with E-state index in [2.05, 4.69) is 21.2 Å². The van der Waals surface area contributed by atoms with Crippen molar-refractivity contribution >= 4 is 21.8 Å². The lowest BCUT2D eigenvalue weighted by atomic mass is 9.87. The van der Waals surface area contributed by atoms with Gasteiger partial charge < -0.3 is 5.32 Å². The molecule has 1 aliphatic rings. The molecule has 0 unspecified atom stereocenters. The maximum atomic E-state index is 12.1. The van der Waals surface area contributed by atoms with Gasteiger partial charge in [-0.15, -0.1) is 0 Å². The van der Waals surface area contributed by atoms with Gasteiger partial charge in [0.05, 0.1) is 5.56 Å². The van der Waals surface area contributed by atoms with Crippen LogP contribution in [-0.2, 0) is 0 Å². The van der Waals surface area contributed by atoms with Gasteiger partial charge in [-0.3, -0.25) is 4.79 Å². The first-order valence-electron chi connectivity index (χ1n) is 7.22. The highest BCUT2D eigenvalue weighted by Gasteiger charge is 2.14. The largest absolute Gasteiger partial charge is 0.352 e. The van der Waals surface area contributed by atoms with Crippen molar-refractivity contribution in [1.29, 1.82) is 0 Å². The third-order valence-electron chi connectivity index (χ3n) is 4.00. The lowest BCUT2D eigenvalue weighted by molar-refractivity contribution is 0.0949. The molecule has 2 rings (SSSR count). The van der Waals surface area contributed by atoms with Crippen LogP contribution in [0.25, 0.3) is 0 Å². The molecule has 1 fully saturated rings. The predicted molar refractivity (Wildman–Crippen MR) is 82.4 cm³/mol. The van der Waals surface area contributed by atoms with E-state index in [-0.39, 0.29) is 5.91 Å². The third-order valence-corrected chi connectivity index (χ3v) is 5.05. The summed E-state index contributed by atoms with van der Waals surface area (Å²) in [7, 11) is 0.